The number of carbonyl (C=O) groups excluding carboxylic acids is 3. The lowest BCUT2D eigenvalue weighted by atomic mass is 10.0. The minimum Gasteiger partial charge on any atom is -0.462 e. The number of allylic oxidation sites excluding steroid dienone is 18. The second kappa shape index (κ2) is 70.6. The van der Waals surface area contributed by atoms with Crippen LogP contribution in [0.25, 0.3) is 0 Å². The molecule has 0 rings (SSSR count). The SMILES string of the molecule is CC/C=C\C/C=C\C/C=C\C/C=C\C/C=C\CCCCCCCCCC(=O)OC(COC(=O)CCCCCCC/C=C\C/C=C\CCC)COC(=O)CCCCCCCCCCCCCCCCCCC/C=C\C/C=C\CCCCCCC. The lowest BCUT2D eigenvalue weighted by molar-refractivity contribution is -0.167. The third-order valence-corrected chi connectivity index (χ3v) is 15.2. The van der Waals surface area contributed by atoms with E-state index in [9.17, 15) is 14.4 Å². The molecule has 0 heterocycles. The van der Waals surface area contributed by atoms with Crippen molar-refractivity contribution in [1.29, 1.82) is 0 Å². The molecule has 0 aromatic heterocycles. The first kappa shape index (κ1) is 79.1. The maximum absolute atomic E-state index is 12.9. The molecule has 0 aromatic rings. The van der Waals surface area contributed by atoms with Crippen LogP contribution in [0.5, 0.6) is 0 Å². The first-order valence-electron chi connectivity index (χ1n) is 35.4. The van der Waals surface area contributed by atoms with Gasteiger partial charge < -0.3 is 14.2 Å². The molecular formula is C77H132O6. The average molecular weight is 1150 g/mol. The second-order valence-corrected chi connectivity index (χ2v) is 23.4. The Hall–Kier alpha value is -3.93. The smallest absolute Gasteiger partial charge is 0.306 e. The van der Waals surface area contributed by atoms with Crippen molar-refractivity contribution in [3.63, 3.8) is 0 Å². The molecule has 1 atom stereocenters. The number of ether oxygens (including phenoxy) is 3. The van der Waals surface area contributed by atoms with Crippen LogP contribution in [0, 0.1) is 0 Å². The van der Waals surface area contributed by atoms with E-state index in [-0.39, 0.29) is 31.1 Å². The van der Waals surface area contributed by atoms with Crippen molar-refractivity contribution in [2.45, 2.75) is 348 Å². The van der Waals surface area contributed by atoms with Crippen LogP contribution in [0.2, 0.25) is 0 Å². The van der Waals surface area contributed by atoms with E-state index in [0.29, 0.717) is 19.3 Å². The van der Waals surface area contributed by atoms with Crippen LogP contribution >= 0.6 is 0 Å². The summed E-state index contributed by atoms with van der Waals surface area (Å²) in [5.74, 6) is -0.900. The van der Waals surface area contributed by atoms with Gasteiger partial charge in [-0.3, -0.25) is 14.4 Å². The third kappa shape index (κ3) is 68.7. The molecule has 0 saturated carbocycles. The number of esters is 3. The highest BCUT2D eigenvalue weighted by Gasteiger charge is 2.19. The standard InChI is InChI=1S/C77H132O6/c1-4-7-10-13-16-19-22-25-27-29-31-33-35-36-37-38-39-40-42-43-45-47-49-52-55-58-61-64-67-70-76(79)82-73-74(72-81-75(78)69-66-63-60-57-54-51-24-21-18-15-12-9-6-3)83-77(80)71-68-65-62-59-56-53-50-48-46-44-41-34-32-30-28-26-23-20-17-14-11-8-5-2/h8,11-12,15,17,20-22,24-26,28-29,31-32,34,44,46,74H,4-7,9-10,13-14,16,18-19,23,27,30,33,35-43,45,47-73H2,1-3H3/b11-8-,15-12-,20-17-,24-21-,25-22-,28-26-,31-29-,34-32-,46-44-. The third-order valence-electron chi connectivity index (χ3n) is 15.2. The summed E-state index contributed by atoms with van der Waals surface area (Å²) in [5, 5.41) is 0. The van der Waals surface area contributed by atoms with Gasteiger partial charge in [-0.05, 0) is 122 Å². The Morgan fingerprint density at radius 2 is 0.494 bits per heavy atom. The first-order chi connectivity index (χ1) is 41.0. The fourth-order valence-corrected chi connectivity index (χ4v) is 9.95. The molecular weight excluding hydrogens is 1020 g/mol. The van der Waals surface area contributed by atoms with Gasteiger partial charge >= 0.3 is 17.9 Å². The molecule has 0 bridgehead atoms. The van der Waals surface area contributed by atoms with Crippen LogP contribution in [0.3, 0.4) is 0 Å². The number of rotatable bonds is 64. The molecule has 0 N–H and O–H groups in total. The summed E-state index contributed by atoms with van der Waals surface area (Å²) in [7, 11) is 0. The van der Waals surface area contributed by atoms with E-state index in [1.807, 2.05) is 0 Å². The van der Waals surface area contributed by atoms with Crippen LogP contribution in [0.15, 0.2) is 109 Å². The van der Waals surface area contributed by atoms with E-state index >= 15 is 0 Å². The molecule has 0 spiro atoms. The maximum atomic E-state index is 12.9. The van der Waals surface area contributed by atoms with Gasteiger partial charge in [0.05, 0.1) is 0 Å². The molecule has 83 heavy (non-hydrogen) atoms. The van der Waals surface area contributed by atoms with Crippen molar-refractivity contribution in [1.82, 2.24) is 0 Å². The summed E-state index contributed by atoms with van der Waals surface area (Å²) >= 11 is 0. The first-order valence-corrected chi connectivity index (χ1v) is 35.4. The molecule has 6 heteroatoms. The minimum atomic E-state index is -0.793. The molecule has 0 saturated heterocycles. The van der Waals surface area contributed by atoms with Gasteiger partial charge in [0.15, 0.2) is 6.10 Å². The Balaban J connectivity index is 4.27. The largest absolute Gasteiger partial charge is 0.462 e. The number of carbonyl (C=O) groups is 3. The highest BCUT2D eigenvalue weighted by Crippen LogP contribution is 2.17. The van der Waals surface area contributed by atoms with Gasteiger partial charge in [0.2, 0.25) is 0 Å². The van der Waals surface area contributed by atoms with E-state index < -0.39 is 6.10 Å². The topological polar surface area (TPSA) is 78.9 Å². The number of hydrogen-bond donors (Lipinski definition) is 0. The van der Waals surface area contributed by atoms with Gasteiger partial charge in [-0.1, -0.05) is 310 Å². The fourth-order valence-electron chi connectivity index (χ4n) is 9.95. The summed E-state index contributed by atoms with van der Waals surface area (Å²) in [5.41, 5.74) is 0. The summed E-state index contributed by atoms with van der Waals surface area (Å²) in [4.78, 5) is 38.4. The van der Waals surface area contributed by atoms with Crippen LogP contribution in [-0.2, 0) is 28.6 Å². The van der Waals surface area contributed by atoms with Crippen molar-refractivity contribution in [2.24, 2.45) is 0 Å². The molecule has 0 aromatic carbocycles. The molecule has 0 radical (unpaired) electrons. The normalized spacial score (nSPS) is 12.8. The van der Waals surface area contributed by atoms with Crippen molar-refractivity contribution in [3.8, 4) is 0 Å². The van der Waals surface area contributed by atoms with Gasteiger partial charge in [-0.15, -0.1) is 0 Å². The molecule has 476 valence electrons. The number of hydrogen-bond acceptors (Lipinski definition) is 6. The van der Waals surface area contributed by atoms with E-state index in [2.05, 4.69) is 130 Å². The molecule has 6 nitrogen and oxygen atoms in total. The predicted molar refractivity (Wildman–Crippen MR) is 362 cm³/mol. The van der Waals surface area contributed by atoms with E-state index in [4.69, 9.17) is 14.2 Å². The molecule has 0 fully saturated rings. The van der Waals surface area contributed by atoms with E-state index in [0.717, 1.165) is 135 Å². The van der Waals surface area contributed by atoms with Gasteiger partial charge in [0, 0.05) is 19.3 Å². The maximum Gasteiger partial charge on any atom is 0.306 e. The molecule has 1 unspecified atom stereocenters. The van der Waals surface area contributed by atoms with Crippen LogP contribution < -0.4 is 0 Å². The van der Waals surface area contributed by atoms with Gasteiger partial charge in [-0.2, -0.15) is 0 Å². The Kier molecular flexibility index (Phi) is 67.2. The zero-order valence-corrected chi connectivity index (χ0v) is 54.7. The summed E-state index contributed by atoms with van der Waals surface area (Å²) in [6.07, 6.45) is 96.9. The van der Waals surface area contributed by atoms with Crippen molar-refractivity contribution >= 4 is 17.9 Å². The molecule has 0 aliphatic carbocycles. The van der Waals surface area contributed by atoms with Gasteiger partial charge in [-0.25, -0.2) is 0 Å². The minimum absolute atomic E-state index is 0.0861. The predicted octanol–water partition coefficient (Wildman–Crippen LogP) is 24.6. The zero-order chi connectivity index (χ0) is 59.9. The second-order valence-electron chi connectivity index (χ2n) is 23.4. The van der Waals surface area contributed by atoms with Crippen LogP contribution in [0.1, 0.15) is 342 Å². The van der Waals surface area contributed by atoms with Gasteiger partial charge in [0.1, 0.15) is 13.2 Å². The quantitative estimate of drug-likeness (QED) is 0.0261. The highest BCUT2D eigenvalue weighted by atomic mass is 16.6. The Bertz CT molecular complexity index is 1660. The van der Waals surface area contributed by atoms with E-state index in [1.165, 1.54) is 167 Å². The van der Waals surface area contributed by atoms with Crippen molar-refractivity contribution in [3.05, 3.63) is 109 Å². The monoisotopic (exact) mass is 1150 g/mol. The lowest BCUT2D eigenvalue weighted by Gasteiger charge is -2.18. The summed E-state index contributed by atoms with van der Waals surface area (Å²) in [6, 6.07) is 0. The zero-order valence-electron chi connectivity index (χ0n) is 54.7. The lowest BCUT2D eigenvalue weighted by Crippen LogP contribution is -2.30. The fraction of sp³-hybridized carbons (Fsp3) is 0.727. The number of unbranched alkanes of at least 4 members (excludes halogenated alkanes) is 35. The highest BCUT2D eigenvalue weighted by molar-refractivity contribution is 5.71. The summed E-state index contributed by atoms with van der Waals surface area (Å²) in [6.45, 7) is 6.46. The Labute approximate surface area is 514 Å². The molecule has 0 amide bonds. The van der Waals surface area contributed by atoms with Crippen molar-refractivity contribution in [2.75, 3.05) is 13.2 Å². The average Bonchev–Trinajstić information content (AvgIpc) is 3.49. The Morgan fingerprint density at radius 1 is 0.253 bits per heavy atom. The Morgan fingerprint density at radius 3 is 0.783 bits per heavy atom. The van der Waals surface area contributed by atoms with E-state index in [1.54, 1.807) is 0 Å². The van der Waals surface area contributed by atoms with Crippen LogP contribution in [0.4, 0.5) is 0 Å². The van der Waals surface area contributed by atoms with Crippen molar-refractivity contribution < 1.29 is 28.6 Å². The molecule has 0 aliphatic heterocycles. The molecule has 0 aliphatic rings. The summed E-state index contributed by atoms with van der Waals surface area (Å²) < 4.78 is 17.0. The van der Waals surface area contributed by atoms with Crippen LogP contribution in [-0.4, -0.2) is 37.2 Å². The van der Waals surface area contributed by atoms with Gasteiger partial charge in [0.25, 0.3) is 0 Å².